The van der Waals surface area contributed by atoms with Crippen molar-refractivity contribution in [3.8, 4) is 11.8 Å². The van der Waals surface area contributed by atoms with Crippen molar-refractivity contribution in [2.45, 2.75) is 142 Å². The maximum absolute atomic E-state index is 14.2. The molecular weight excluding hydrogens is 684 g/mol. The number of rotatable bonds is 13. The molecule has 5 nitrogen and oxygen atoms in total. The van der Waals surface area contributed by atoms with Gasteiger partial charge in [0.25, 0.3) is 0 Å². The van der Waals surface area contributed by atoms with Gasteiger partial charge >= 0.3 is 5.97 Å². The highest BCUT2D eigenvalue weighted by atomic mass is 35.5. The van der Waals surface area contributed by atoms with Crippen LogP contribution >= 0.6 is 22.9 Å². The molecule has 0 N–H and O–H groups in total. The number of methoxy groups -OCH3 is 1. The van der Waals surface area contributed by atoms with E-state index in [2.05, 4.69) is 118 Å². The summed E-state index contributed by atoms with van der Waals surface area (Å²) < 4.78 is 20.2. The second-order valence-corrected chi connectivity index (χ2v) is 28.2. The molecule has 3 rings (SSSR count). The van der Waals surface area contributed by atoms with Gasteiger partial charge in [-0.3, -0.25) is 9.59 Å². The largest absolute Gasteiger partial charge is 0.469 e. The number of esters is 1. The van der Waals surface area contributed by atoms with Gasteiger partial charge in [0.1, 0.15) is 5.78 Å². The van der Waals surface area contributed by atoms with Gasteiger partial charge < -0.3 is 13.6 Å². The Hall–Kier alpha value is -1.74. The van der Waals surface area contributed by atoms with E-state index in [1.165, 1.54) is 11.8 Å². The minimum Gasteiger partial charge on any atom is -0.469 e. The summed E-state index contributed by atoms with van der Waals surface area (Å²) in [7, 11) is -2.94. The standard InChI is InChI=1S/C40H61ClO5SSi2/c1-38(2,3)48(10,11)45-28(25-27-33-35(41)31-21-18-19-22-32(31)47-33)24-26-30-29(20-16-14-15-17-23-34(42)44-9)36(43)40(7,8)37(30)46-49(12,13)39(4,5)6/h18-19,21-22,25,27-30,37H,15,17,20,23-24,26H2,1-13H3/t28?,29-,30-,37+/m1/s1. The Kier molecular flexibility index (Phi) is 13.9. The van der Waals surface area contributed by atoms with E-state index in [0.717, 1.165) is 28.1 Å². The topological polar surface area (TPSA) is 61.8 Å². The Morgan fingerprint density at radius 3 is 2.27 bits per heavy atom. The molecule has 1 heterocycles. The van der Waals surface area contributed by atoms with E-state index in [1.54, 1.807) is 11.3 Å². The zero-order valence-electron chi connectivity index (χ0n) is 32.3. The number of carbonyl (C=O) groups excluding carboxylic acids is 2. The van der Waals surface area contributed by atoms with Gasteiger partial charge in [0.2, 0.25) is 0 Å². The summed E-state index contributed by atoms with van der Waals surface area (Å²) in [5.74, 6) is 6.34. The van der Waals surface area contributed by atoms with Gasteiger partial charge in [-0.25, -0.2) is 0 Å². The predicted molar refractivity (Wildman–Crippen MR) is 213 cm³/mol. The number of ketones is 1. The molecule has 1 saturated carbocycles. The fourth-order valence-electron chi connectivity index (χ4n) is 6.02. The van der Waals surface area contributed by atoms with Crippen LogP contribution in [0.2, 0.25) is 41.3 Å². The molecule has 1 unspecified atom stereocenters. The monoisotopic (exact) mass is 744 g/mol. The van der Waals surface area contributed by atoms with Crippen LogP contribution in [0.25, 0.3) is 16.2 Å². The van der Waals surface area contributed by atoms with Gasteiger partial charge in [0, 0.05) is 45.6 Å². The van der Waals surface area contributed by atoms with Crippen molar-refractivity contribution >= 4 is 67.5 Å². The summed E-state index contributed by atoms with van der Waals surface area (Å²) in [5.41, 5.74) is -0.631. The predicted octanol–water partition coefficient (Wildman–Crippen LogP) is 11.7. The quantitative estimate of drug-likeness (QED) is 0.0884. The van der Waals surface area contributed by atoms with Crippen LogP contribution in [0.3, 0.4) is 0 Å². The maximum Gasteiger partial charge on any atom is 0.305 e. The summed E-state index contributed by atoms with van der Waals surface area (Å²) in [5, 5.41) is 1.90. The Balaban J connectivity index is 1.97. The van der Waals surface area contributed by atoms with Gasteiger partial charge in [-0.1, -0.05) is 91.3 Å². The minimum absolute atomic E-state index is 0.00724. The highest BCUT2D eigenvalue weighted by Gasteiger charge is 2.57. The van der Waals surface area contributed by atoms with Crippen molar-refractivity contribution < 1.29 is 23.2 Å². The molecule has 1 fully saturated rings. The molecule has 49 heavy (non-hydrogen) atoms. The number of benzene rings is 1. The number of fused-ring (bicyclic) bond motifs is 1. The number of Topliss-reactive ketones (excluding diaryl/α,β-unsaturated/α-hetero) is 1. The molecule has 1 aromatic carbocycles. The first-order chi connectivity index (χ1) is 22.5. The molecule has 2 aromatic rings. The van der Waals surface area contributed by atoms with Crippen LogP contribution in [-0.2, 0) is 23.2 Å². The van der Waals surface area contributed by atoms with E-state index in [0.29, 0.717) is 25.7 Å². The third-order valence-electron chi connectivity index (χ3n) is 11.2. The fourth-order valence-corrected chi connectivity index (χ4v) is 10.2. The van der Waals surface area contributed by atoms with Crippen molar-refractivity contribution in [1.29, 1.82) is 0 Å². The molecule has 9 heteroatoms. The van der Waals surface area contributed by atoms with E-state index in [-0.39, 0.29) is 45.9 Å². The fraction of sp³-hybridized carbons (Fsp3) is 0.650. The van der Waals surface area contributed by atoms with Crippen LogP contribution in [0, 0.1) is 29.1 Å². The first-order valence-electron chi connectivity index (χ1n) is 17.8. The lowest BCUT2D eigenvalue weighted by molar-refractivity contribution is -0.140. The minimum atomic E-state index is -2.21. The first-order valence-corrected chi connectivity index (χ1v) is 24.8. The summed E-state index contributed by atoms with van der Waals surface area (Å²) >= 11 is 8.55. The SMILES string of the molecule is COC(=O)CCCC#CC[C@H]1C(=O)C(C)(C)[C@@H](O[Si](C)(C)C(C)(C)C)[C@@H]1CCC(C=Cc1sc2ccccc2c1Cl)O[Si](C)(C)C(C)(C)C. The van der Waals surface area contributed by atoms with E-state index >= 15 is 0 Å². The van der Waals surface area contributed by atoms with Crippen LogP contribution in [0.4, 0.5) is 0 Å². The Bertz CT molecular complexity index is 1550. The summed E-state index contributed by atoms with van der Waals surface area (Å²) in [6, 6.07) is 8.24. The second-order valence-electron chi connectivity index (χ2n) is 17.3. The molecule has 0 amide bonds. The molecule has 0 spiro atoms. The van der Waals surface area contributed by atoms with Crippen LogP contribution in [0.1, 0.15) is 98.8 Å². The van der Waals surface area contributed by atoms with Crippen molar-refractivity contribution in [3.05, 3.63) is 40.2 Å². The van der Waals surface area contributed by atoms with E-state index in [1.807, 2.05) is 12.1 Å². The van der Waals surface area contributed by atoms with Gasteiger partial charge in [0.05, 0.1) is 24.3 Å². The molecule has 0 saturated heterocycles. The lowest BCUT2D eigenvalue weighted by atomic mass is 9.85. The molecule has 272 valence electrons. The third-order valence-corrected chi connectivity index (χ3v) is 21.8. The Labute approximate surface area is 308 Å². The molecule has 0 radical (unpaired) electrons. The first kappa shape index (κ1) is 41.7. The average Bonchev–Trinajstić information content (AvgIpc) is 3.40. The van der Waals surface area contributed by atoms with Crippen LogP contribution < -0.4 is 0 Å². The van der Waals surface area contributed by atoms with Gasteiger partial charge in [-0.2, -0.15) is 0 Å². The Morgan fingerprint density at radius 1 is 1.04 bits per heavy atom. The van der Waals surface area contributed by atoms with Crippen LogP contribution in [0.15, 0.2) is 30.3 Å². The number of hydrogen-bond donors (Lipinski definition) is 0. The number of unbranched alkanes of at least 4 members (excludes halogenated alkanes) is 1. The maximum atomic E-state index is 14.2. The van der Waals surface area contributed by atoms with E-state index in [4.69, 9.17) is 25.2 Å². The average molecular weight is 746 g/mol. The molecule has 4 atom stereocenters. The normalized spacial score (nSPS) is 20.9. The van der Waals surface area contributed by atoms with Crippen LogP contribution in [-0.4, -0.2) is 47.7 Å². The van der Waals surface area contributed by atoms with Gasteiger partial charge in [-0.05, 0) is 73.6 Å². The number of carbonyl (C=O) groups is 2. The molecule has 1 aliphatic rings. The number of halogens is 1. The zero-order valence-corrected chi connectivity index (χ0v) is 35.9. The summed E-state index contributed by atoms with van der Waals surface area (Å²) in [4.78, 5) is 26.8. The lowest BCUT2D eigenvalue weighted by Crippen LogP contribution is -2.49. The Morgan fingerprint density at radius 2 is 1.67 bits per heavy atom. The third kappa shape index (κ3) is 10.2. The smallest absolute Gasteiger partial charge is 0.305 e. The molecule has 1 aliphatic carbocycles. The second kappa shape index (κ2) is 16.3. The molecular formula is C40H61ClO5SSi2. The zero-order chi connectivity index (χ0) is 37.0. The highest BCUT2D eigenvalue weighted by molar-refractivity contribution is 7.20. The van der Waals surface area contributed by atoms with Crippen molar-refractivity contribution in [2.75, 3.05) is 7.11 Å². The summed E-state index contributed by atoms with van der Waals surface area (Å²) in [6.45, 7) is 26.8. The summed E-state index contributed by atoms with van der Waals surface area (Å²) in [6.07, 6.45) is 7.61. The van der Waals surface area contributed by atoms with Crippen LogP contribution in [0.5, 0.6) is 0 Å². The van der Waals surface area contributed by atoms with Gasteiger partial charge in [0.15, 0.2) is 16.6 Å². The van der Waals surface area contributed by atoms with Crippen molar-refractivity contribution in [1.82, 2.24) is 0 Å². The molecule has 1 aromatic heterocycles. The van der Waals surface area contributed by atoms with Crippen molar-refractivity contribution in [3.63, 3.8) is 0 Å². The lowest BCUT2D eigenvalue weighted by Gasteiger charge is -2.43. The molecule has 0 bridgehead atoms. The van der Waals surface area contributed by atoms with Crippen molar-refractivity contribution in [2.24, 2.45) is 17.3 Å². The van der Waals surface area contributed by atoms with E-state index in [9.17, 15) is 9.59 Å². The van der Waals surface area contributed by atoms with E-state index < -0.39 is 22.0 Å². The highest BCUT2D eigenvalue weighted by Crippen LogP contribution is 2.51. The number of ether oxygens (including phenoxy) is 1. The van der Waals surface area contributed by atoms with Gasteiger partial charge in [-0.15, -0.1) is 23.2 Å². The molecule has 0 aliphatic heterocycles. The number of thiophene rings is 1. The number of hydrogen-bond acceptors (Lipinski definition) is 6.